The molecular weight excluding hydrogens is 396 g/mol. The van der Waals surface area contributed by atoms with Gasteiger partial charge in [0, 0.05) is 38.8 Å². The summed E-state index contributed by atoms with van der Waals surface area (Å²) in [7, 11) is 0. The molecule has 31 heavy (non-hydrogen) atoms. The van der Waals surface area contributed by atoms with E-state index in [2.05, 4.69) is 25.7 Å². The van der Waals surface area contributed by atoms with Gasteiger partial charge in [-0.2, -0.15) is 5.10 Å². The average Bonchev–Trinajstić information content (AvgIpc) is 3.41. The van der Waals surface area contributed by atoms with E-state index in [4.69, 9.17) is 4.42 Å². The zero-order valence-electron chi connectivity index (χ0n) is 16.9. The summed E-state index contributed by atoms with van der Waals surface area (Å²) in [5.74, 6) is -0.0552. The lowest BCUT2D eigenvalue weighted by Crippen LogP contribution is -2.33. The number of aryl methyl sites for hydroxylation is 1. The van der Waals surface area contributed by atoms with Crippen LogP contribution in [-0.4, -0.2) is 37.6 Å². The fourth-order valence-corrected chi connectivity index (χ4v) is 3.86. The number of amides is 2. The molecule has 0 bridgehead atoms. The second-order valence-corrected chi connectivity index (χ2v) is 7.72. The van der Waals surface area contributed by atoms with Crippen molar-refractivity contribution in [2.24, 2.45) is 5.10 Å². The highest BCUT2D eigenvalue weighted by Gasteiger charge is 2.31. The predicted molar refractivity (Wildman–Crippen MR) is 110 cm³/mol. The lowest BCUT2D eigenvalue weighted by molar-refractivity contribution is -0.131. The Morgan fingerprint density at radius 2 is 1.97 bits per heavy atom. The number of hydrazone groups is 1. The summed E-state index contributed by atoms with van der Waals surface area (Å²) in [6, 6.07) is 9.63. The Hall–Kier alpha value is -3.88. The van der Waals surface area contributed by atoms with E-state index >= 15 is 0 Å². The van der Waals surface area contributed by atoms with Crippen LogP contribution in [0.2, 0.25) is 0 Å². The second-order valence-electron chi connectivity index (χ2n) is 7.72. The summed E-state index contributed by atoms with van der Waals surface area (Å²) >= 11 is 0. The zero-order chi connectivity index (χ0) is 21.4. The van der Waals surface area contributed by atoms with Crippen molar-refractivity contribution in [1.29, 1.82) is 0 Å². The van der Waals surface area contributed by atoms with E-state index in [-0.39, 0.29) is 17.7 Å². The number of rotatable bonds is 4. The van der Waals surface area contributed by atoms with Crippen LogP contribution in [0.25, 0.3) is 0 Å². The monoisotopic (exact) mass is 416 g/mol. The molecule has 0 radical (unpaired) electrons. The van der Waals surface area contributed by atoms with Crippen LogP contribution in [0.4, 0.5) is 0 Å². The third-order valence-electron chi connectivity index (χ3n) is 5.58. The normalized spacial score (nSPS) is 17.8. The zero-order valence-corrected chi connectivity index (χ0v) is 16.9. The van der Waals surface area contributed by atoms with Crippen LogP contribution in [0.15, 0.2) is 52.2 Å². The maximum atomic E-state index is 12.7. The molecule has 2 aliphatic rings. The molecule has 2 amide bonds. The summed E-state index contributed by atoms with van der Waals surface area (Å²) in [6.07, 6.45) is 4.27. The molecular formula is C22H20N6O3. The molecule has 0 saturated heterocycles. The van der Waals surface area contributed by atoms with Crippen LogP contribution in [0.1, 0.15) is 46.4 Å². The van der Waals surface area contributed by atoms with Gasteiger partial charge in [0.15, 0.2) is 0 Å². The largest absolute Gasteiger partial charge is 0.425 e. The number of carbonyl (C=O) groups excluding carboxylic acids is 2. The van der Waals surface area contributed by atoms with Crippen molar-refractivity contribution in [2.75, 3.05) is 0 Å². The van der Waals surface area contributed by atoms with E-state index in [1.165, 1.54) is 0 Å². The van der Waals surface area contributed by atoms with Crippen LogP contribution in [0, 0.1) is 6.92 Å². The highest BCUT2D eigenvalue weighted by atomic mass is 16.4. The number of aromatic nitrogens is 3. The molecule has 3 aromatic rings. The number of hydrogen-bond donors (Lipinski definition) is 1. The molecule has 9 nitrogen and oxygen atoms in total. The van der Waals surface area contributed by atoms with Crippen LogP contribution < -0.4 is 5.43 Å². The number of pyridine rings is 1. The average molecular weight is 416 g/mol. The first-order chi connectivity index (χ1) is 15.1. The SMILES string of the molecule is Cc1nnc(C2CC(c3ccc(CC(=O)N4Cc5ccncc5C4)cc3)=NNC2=O)o1. The van der Waals surface area contributed by atoms with Gasteiger partial charge in [-0.1, -0.05) is 24.3 Å². The molecule has 0 spiro atoms. The minimum atomic E-state index is -0.568. The van der Waals surface area contributed by atoms with Gasteiger partial charge in [0.25, 0.3) is 5.91 Å². The van der Waals surface area contributed by atoms with E-state index in [0.29, 0.717) is 31.8 Å². The van der Waals surface area contributed by atoms with Crippen LogP contribution in [0.3, 0.4) is 0 Å². The highest BCUT2D eigenvalue weighted by Crippen LogP contribution is 2.25. The molecule has 1 aromatic carbocycles. The number of benzene rings is 1. The Balaban J connectivity index is 1.25. The maximum Gasteiger partial charge on any atom is 0.253 e. The van der Waals surface area contributed by atoms with Crippen LogP contribution >= 0.6 is 0 Å². The highest BCUT2D eigenvalue weighted by molar-refractivity contribution is 6.06. The summed E-state index contributed by atoms with van der Waals surface area (Å²) in [4.78, 5) is 30.9. The van der Waals surface area contributed by atoms with Gasteiger partial charge in [-0.3, -0.25) is 14.6 Å². The lowest BCUT2D eigenvalue weighted by Gasteiger charge is -2.19. The smallest absolute Gasteiger partial charge is 0.253 e. The number of nitrogens with one attached hydrogen (secondary N) is 1. The Morgan fingerprint density at radius 1 is 1.16 bits per heavy atom. The molecule has 156 valence electrons. The van der Waals surface area contributed by atoms with Crippen LogP contribution in [-0.2, 0) is 29.1 Å². The van der Waals surface area contributed by atoms with Gasteiger partial charge in [-0.15, -0.1) is 10.2 Å². The molecule has 9 heteroatoms. The van der Waals surface area contributed by atoms with Crippen molar-refractivity contribution in [3.8, 4) is 0 Å². The van der Waals surface area contributed by atoms with E-state index < -0.39 is 5.92 Å². The van der Waals surface area contributed by atoms with Gasteiger partial charge < -0.3 is 9.32 Å². The quantitative estimate of drug-likeness (QED) is 0.695. The minimum Gasteiger partial charge on any atom is -0.425 e. The fourth-order valence-electron chi connectivity index (χ4n) is 3.86. The van der Waals surface area contributed by atoms with E-state index in [0.717, 1.165) is 28.0 Å². The molecule has 1 N–H and O–H groups in total. The van der Waals surface area contributed by atoms with E-state index in [9.17, 15) is 9.59 Å². The third-order valence-corrected chi connectivity index (χ3v) is 5.58. The number of fused-ring (bicyclic) bond motifs is 1. The van der Waals surface area contributed by atoms with Crippen molar-refractivity contribution in [1.82, 2.24) is 25.5 Å². The van der Waals surface area contributed by atoms with Gasteiger partial charge in [-0.05, 0) is 28.3 Å². The maximum absolute atomic E-state index is 12.7. The second kappa shape index (κ2) is 7.75. The predicted octanol–water partition coefficient (Wildman–Crippen LogP) is 1.87. The van der Waals surface area contributed by atoms with Gasteiger partial charge in [0.1, 0.15) is 5.92 Å². The molecule has 0 aliphatic carbocycles. The molecule has 5 rings (SSSR count). The summed E-state index contributed by atoms with van der Waals surface area (Å²) in [6.45, 7) is 2.92. The van der Waals surface area contributed by atoms with Crippen LogP contribution in [0.5, 0.6) is 0 Å². The lowest BCUT2D eigenvalue weighted by atomic mass is 9.94. The Morgan fingerprint density at radius 3 is 2.71 bits per heavy atom. The standard InChI is InChI=1S/C22H20N6O3/c1-13-24-27-22(31-13)18-9-19(25-26-21(18)30)15-4-2-14(3-5-15)8-20(29)28-11-16-6-7-23-10-17(16)12-28/h2-7,10,18H,8-9,11-12H2,1H3,(H,26,30). The van der Waals surface area contributed by atoms with E-state index in [1.807, 2.05) is 41.4 Å². The number of carbonyl (C=O) groups is 2. The summed E-state index contributed by atoms with van der Waals surface area (Å²) < 4.78 is 5.43. The summed E-state index contributed by atoms with van der Waals surface area (Å²) in [5.41, 5.74) is 7.32. The molecule has 2 aliphatic heterocycles. The van der Waals surface area contributed by atoms with Gasteiger partial charge in [-0.25, -0.2) is 5.43 Å². The number of hydrogen-bond acceptors (Lipinski definition) is 7. The molecule has 2 aromatic heterocycles. The molecule has 0 saturated carbocycles. The van der Waals surface area contributed by atoms with Crippen molar-refractivity contribution in [3.63, 3.8) is 0 Å². The van der Waals surface area contributed by atoms with Crippen molar-refractivity contribution >= 4 is 17.5 Å². The molecule has 1 unspecified atom stereocenters. The number of nitrogens with zero attached hydrogens (tertiary/aromatic N) is 5. The minimum absolute atomic E-state index is 0.0815. The van der Waals surface area contributed by atoms with Gasteiger partial charge >= 0.3 is 0 Å². The van der Waals surface area contributed by atoms with Crippen molar-refractivity contribution in [3.05, 3.63) is 76.8 Å². The van der Waals surface area contributed by atoms with E-state index in [1.54, 1.807) is 13.1 Å². The first kappa shape index (κ1) is 19.1. The first-order valence-corrected chi connectivity index (χ1v) is 10.0. The first-order valence-electron chi connectivity index (χ1n) is 10.0. The molecule has 4 heterocycles. The molecule has 0 fully saturated rings. The Labute approximate surface area is 178 Å². The topological polar surface area (TPSA) is 114 Å². The third kappa shape index (κ3) is 3.81. The summed E-state index contributed by atoms with van der Waals surface area (Å²) in [5, 5.41) is 12.0. The fraction of sp³-hybridized carbons (Fsp3) is 0.273. The Kier molecular flexibility index (Phi) is 4.78. The van der Waals surface area contributed by atoms with Crippen molar-refractivity contribution < 1.29 is 14.0 Å². The molecule has 1 atom stereocenters. The van der Waals surface area contributed by atoms with Gasteiger partial charge in [0.05, 0.1) is 12.1 Å². The van der Waals surface area contributed by atoms with Crippen molar-refractivity contribution in [2.45, 2.75) is 38.8 Å². The van der Waals surface area contributed by atoms with Gasteiger partial charge in [0.2, 0.25) is 17.7 Å². The Bertz CT molecular complexity index is 1160.